The molecule has 2 atom stereocenters. The second-order valence-electron chi connectivity index (χ2n) is 5.85. The van der Waals surface area contributed by atoms with E-state index in [0.717, 1.165) is 24.4 Å². The number of hydrogen-bond donors (Lipinski definition) is 1. The average molecular weight is 281 g/mol. The first kappa shape index (κ1) is 14.0. The molecule has 0 bridgehead atoms. The van der Waals surface area contributed by atoms with Crippen molar-refractivity contribution >= 4 is 5.69 Å². The topological polar surface area (TPSA) is 21.3 Å². The maximum absolute atomic E-state index is 5.87. The fourth-order valence-electron chi connectivity index (χ4n) is 2.78. The van der Waals surface area contributed by atoms with Crippen molar-refractivity contribution < 1.29 is 4.74 Å². The lowest BCUT2D eigenvalue weighted by atomic mass is 9.77. The molecule has 2 nitrogen and oxygen atoms in total. The molecule has 110 valence electrons. The van der Waals surface area contributed by atoms with Crippen LogP contribution >= 0.6 is 0 Å². The summed E-state index contributed by atoms with van der Waals surface area (Å²) in [5.74, 6) is 1.59. The number of fused-ring (bicyclic) bond motifs is 1. The molecule has 0 saturated carbocycles. The van der Waals surface area contributed by atoms with Crippen molar-refractivity contribution in [3.63, 3.8) is 0 Å². The zero-order chi connectivity index (χ0) is 14.7. The minimum absolute atomic E-state index is 0.263. The molecule has 0 aromatic heterocycles. The maximum Gasteiger partial charge on any atom is 0.121 e. The monoisotopic (exact) mass is 281 g/mol. The number of hydrogen-bond acceptors (Lipinski definition) is 2. The van der Waals surface area contributed by atoms with Crippen molar-refractivity contribution in [1.82, 2.24) is 0 Å². The third-order valence-corrected chi connectivity index (χ3v) is 4.26. The van der Waals surface area contributed by atoms with Gasteiger partial charge in [0.2, 0.25) is 0 Å². The Morgan fingerprint density at radius 2 is 2.05 bits per heavy atom. The van der Waals surface area contributed by atoms with E-state index in [4.69, 9.17) is 4.74 Å². The van der Waals surface area contributed by atoms with Crippen molar-refractivity contribution in [2.45, 2.75) is 38.7 Å². The molecular weight excluding hydrogens is 258 g/mol. The van der Waals surface area contributed by atoms with Crippen molar-refractivity contribution in [2.24, 2.45) is 0 Å². The minimum Gasteiger partial charge on any atom is -0.491 e. The highest BCUT2D eigenvalue weighted by Gasteiger charge is 2.24. The Labute approximate surface area is 127 Å². The first-order valence-electron chi connectivity index (χ1n) is 7.84. The van der Waals surface area contributed by atoms with Crippen LogP contribution in [0, 0.1) is 0 Å². The van der Waals surface area contributed by atoms with Crippen molar-refractivity contribution in [3.05, 3.63) is 59.7 Å². The largest absolute Gasteiger partial charge is 0.491 e. The number of nitrogens with one attached hydrogen (secondary N) is 1. The van der Waals surface area contributed by atoms with Gasteiger partial charge in [0.15, 0.2) is 0 Å². The molecule has 0 amide bonds. The summed E-state index contributed by atoms with van der Waals surface area (Å²) < 4.78 is 5.87. The highest BCUT2D eigenvalue weighted by Crippen LogP contribution is 2.34. The van der Waals surface area contributed by atoms with E-state index in [1.165, 1.54) is 17.5 Å². The fourth-order valence-corrected chi connectivity index (χ4v) is 2.78. The number of rotatable bonds is 6. The van der Waals surface area contributed by atoms with E-state index in [1.54, 1.807) is 0 Å². The zero-order valence-electron chi connectivity index (χ0n) is 12.8. The van der Waals surface area contributed by atoms with Crippen molar-refractivity contribution in [2.75, 3.05) is 11.9 Å². The van der Waals surface area contributed by atoms with E-state index in [9.17, 15) is 0 Å². The SMILES string of the molecule is CCC(C)Oc1cccc(NCC2Cc3ccccc32)c1. The van der Waals surface area contributed by atoms with Crippen LogP contribution in [0.15, 0.2) is 48.5 Å². The Morgan fingerprint density at radius 1 is 1.19 bits per heavy atom. The van der Waals surface area contributed by atoms with Gasteiger partial charge in [-0.3, -0.25) is 0 Å². The van der Waals surface area contributed by atoms with Crippen molar-refractivity contribution in [3.8, 4) is 5.75 Å². The Hall–Kier alpha value is -1.96. The van der Waals surface area contributed by atoms with Gasteiger partial charge in [-0.15, -0.1) is 0 Å². The van der Waals surface area contributed by atoms with E-state index in [2.05, 4.69) is 61.6 Å². The molecule has 1 aliphatic carbocycles. The first-order chi connectivity index (χ1) is 10.3. The van der Waals surface area contributed by atoms with Gasteiger partial charge in [-0.25, -0.2) is 0 Å². The van der Waals surface area contributed by atoms with Crippen LogP contribution in [0.1, 0.15) is 37.3 Å². The first-order valence-corrected chi connectivity index (χ1v) is 7.84. The van der Waals surface area contributed by atoms with E-state index in [1.807, 2.05) is 6.07 Å². The molecule has 0 saturated heterocycles. The van der Waals surface area contributed by atoms with Gasteiger partial charge in [0.25, 0.3) is 0 Å². The fraction of sp³-hybridized carbons (Fsp3) is 0.368. The van der Waals surface area contributed by atoms with Crippen LogP contribution in [0.25, 0.3) is 0 Å². The van der Waals surface area contributed by atoms with Gasteiger partial charge < -0.3 is 10.1 Å². The quantitative estimate of drug-likeness (QED) is 0.834. The predicted molar refractivity (Wildman–Crippen MR) is 88.2 cm³/mol. The maximum atomic E-state index is 5.87. The van der Waals surface area contributed by atoms with Crippen LogP contribution in [0.4, 0.5) is 5.69 Å². The molecule has 0 fully saturated rings. The third kappa shape index (κ3) is 3.21. The van der Waals surface area contributed by atoms with Gasteiger partial charge in [0, 0.05) is 24.2 Å². The van der Waals surface area contributed by atoms with Gasteiger partial charge in [-0.05, 0) is 43.0 Å². The number of benzene rings is 2. The Morgan fingerprint density at radius 3 is 2.86 bits per heavy atom. The molecule has 1 N–H and O–H groups in total. The van der Waals surface area contributed by atoms with E-state index in [-0.39, 0.29) is 6.10 Å². The Balaban J connectivity index is 1.58. The molecule has 2 aromatic rings. The van der Waals surface area contributed by atoms with Crippen LogP contribution in [0.5, 0.6) is 5.75 Å². The van der Waals surface area contributed by atoms with Gasteiger partial charge in [-0.2, -0.15) is 0 Å². The standard InChI is InChI=1S/C19H23NO/c1-3-14(2)21-18-9-6-8-17(12-18)20-13-16-11-15-7-4-5-10-19(15)16/h4-10,12,14,16,20H,3,11,13H2,1-2H3. The van der Waals surface area contributed by atoms with Gasteiger partial charge in [0.05, 0.1) is 6.10 Å². The summed E-state index contributed by atoms with van der Waals surface area (Å²) in [6.45, 7) is 5.23. The minimum atomic E-state index is 0.263. The molecule has 2 heteroatoms. The van der Waals surface area contributed by atoms with Gasteiger partial charge in [-0.1, -0.05) is 37.3 Å². The van der Waals surface area contributed by atoms with Crippen LogP contribution < -0.4 is 10.1 Å². The molecule has 2 aromatic carbocycles. The normalized spacial score (nSPS) is 17.5. The molecule has 21 heavy (non-hydrogen) atoms. The Kier molecular flexibility index (Phi) is 4.14. The summed E-state index contributed by atoms with van der Waals surface area (Å²) in [7, 11) is 0. The second kappa shape index (κ2) is 6.21. The molecule has 0 spiro atoms. The number of ether oxygens (including phenoxy) is 1. The lowest BCUT2D eigenvalue weighted by Crippen LogP contribution is -2.24. The molecule has 0 heterocycles. The Bertz CT molecular complexity index is 608. The number of anilines is 1. The molecule has 0 aliphatic heterocycles. The highest BCUT2D eigenvalue weighted by molar-refractivity contribution is 5.50. The molecular formula is C19H23NO. The highest BCUT2D eigenvalue weighted by atomic mass is 16.5. The van der Waals surface area contributed by atoms with E-state index in [0.29, 0.717) is 5.92 Å². The summed E-state index contributed by atoms with van der Waals surface area (Å²) >= 11 is 0. The third-order valence-electron chi connectivity index (χ3n) is 4.26. The van der Waals surface area contributed by atoms with Crippen LogP contribution in [-0.4, -0.2) is 12.6 Å². The molecule has 0 radical (unpaired) electrons. The molecule has 2 unspecified atom stereocenters. The molecule has 3 rings (SSSR count). The van der Waals surface area contributed by atoms with Gasteiger partial charge in [0.1, 0.15) is 5.75 Å². The summed E-state index contributed by atoms with van der Waals surface area (Å²) in [6.07, 6.45) is 2.47. The zero-order valence-corrected chi connectivity index (χ0v) is 12.8. The second-order valence-corrected chi connectivity index (χ2v) is 5.85. The van der Waals surface area contributed by atoms with Crippen LogP contribution in [0.2, 0.25) is 0 Å². The summed E-state index contributed by atoms with van der Waals surface area (Å²) in [5, 5.41) is 3.54. The molecule has 1 aliphatic rings. The predicted octanol–water partition coefficient (Wildman–Crippen LogP) is 4.62. The van der Waals surface area contributed by atoms with E-state index < -0.39 is 0 Å². The van der Waals surface area contributed by atoms with E-state index >= 15 is 0 Å². The average Bonchev–Trinajstić information content (AvgIpc) is 2.48. The summed E-state index contributed by atoms with van der Waals surface area (Å²) in [4.78, 5) is 0. The summed E-state index contributed by atoms with van der Waals surface area (Å²) in [5.41, 5.74) is 4.13. The summed E-state index contributed by atoms with van der Waals surface area (Å²) in [6, 6.07) is 17.0. The lowest BCUT2D eigenvalue weighted by molar-refractivity contribution is 0.217. The van der Waals surface area contributed by atoms with Gasteiger partial charge >= 0.3 is 0 Å². The van der Waals surface area contributed by atoms with Crippen molar-refractivity contribution in [1.29, 1.82) is 0 Å². The lowest BCUT2D eigenvalue weighted by Gasteiger charge is -2.30. The van der Waals surface area contributed by atoms with Crippen LogP contribution in [-0.2, 0) is 6.42 Å². The van der Waals surface area contributed by atoms with Crippen LogP contribution in [0.3, 0.4) is 0 Å². The smallest absolute Gasteiger partial charge is 0.121 e.